The first kappa shape index (κ1) is 21.0. The van der Waals surface area contributed by atoms with E-state index in [1.165, 1.54) is 12.1 Å². The Morgan fingerprint density at radius 2 is 1.97 bits per heavy atom. The number of anilines is 1. The minimum atomic E-state index is -0.701. The van der Waals surface area contributed by atoms with E-state index in [0.717, 1.165) is 10.5 Å². The molecular weight excluding hydrogens is 528 g/mol. The highest BCUT2D eigenvalue weighted by atomic mass is 127. The average Bonchev–Trinajstić information content (AvgIpc) is 3.41. The molecule has 0 radical (unpaired) electrons. The zero-order chi connectivity index (χ0) is 22.6. The van der Waals surface area contributed by atoms with Crippen LogP contribution in [0.3, 0.4) is 0 Å². The van der Waals surface area contributed by atoms with E-state index in [0.29, 0.717) is 34.6 Å². The van der Waals surface area contributed by atoms with Crippen molar-refractivity contribution >= 4 is 46.1 Å². The molecular formula is C22H18FIN5O3+. The lowest BCUT2D eigenvalue weighted by Gasteiger charge is -2.32. The summed E-state index contributed by atoms with van der Waals surface area (Å²) in [5, 5.41) is 12.0. The van der Waals surface area contributed by atoms with Gasteiger partial charge in [0.2, 0.25) is 0 Å². The first-order chi connectivity index (χ1) is 15.3. The number of halogens is 2. The minimum Gasteiger partial charge on any atom is -0.347 e. The number of fused-ring (bicyclic) bond motifs is 1. The van der Waals surface area contributed by atoms with E-state index in [1.54, 1.807) is 30.3 Å². The van der Waals surface area contributed by atoms with Crippen LogP contribution >= 0.6 is 22.6 Å². The number of benzene rings is 2. The lowest BCUT2D eigenvalue weighted by molar-refractivity contribution is -0.853. The fourth-order valence-corrected chi connectivity index (χ4v) is 5.54. The molecule has 5 rings (SSSR count). The van der Waals surface area contributed by atoms with Crippen LogP contribution in [0.5, 0.6) is 0 Å². The number of carbonyl (C=O) groups excluding carboxylic acids is 3. The maximum atomic E-state index is 13.6. The van der Waals surface area contributed by atoms with Crippen LogP contribution in [0, 0.1) is 20.7 Å². The molecule has 3 aliphatic rings. The summed E-state index contributed by atoms with van der Waals surface area (Å²) in [6.45, 7) is 1.34. The van der Waals surface area contributed by atoms with Gasteiger partial charge in [-0.1, -0.05) is 12.1 Å². The molecule has 0 saturated carbocycles. The smallest absolute Gasteiger partial charge is 0.347 e. The predicted molar refractivity (Wildman–Crippen MR) is 119 cm³/mol. The van der Waals surface area contributed by atoms with Gasteiger partial charge in [-0.15, -0.1) is 0 Å². The van der Waals surface area contributed by atoms with E-state index >= 15 is 0 Å². The number of hydrogen-bond acceptors (Lipinski definition) is 5. The summed E-state index contributed by atoms with van der Waals surface area (Å²) in [6.07, 6.45) is 0. The van der Waals surface area contributed by atoms with Crippen LogP contribution in [0.1, 0.15) is 11.1 Å². The molecule has 1 spiro atoms. The van der Waals surface area contributed by atoms with Gasteiger partial charge in [0.1, 0.15) is 18.6 Å². The fraction of sp³-hybridized carbons (Fsp3) is 0.273. The Morgan fingerprint density at radius 1 is 1.22 bits per heavy atom. The number of hydrogen-bond donors (Lipinski definition) is 1. The number of nitriles is 1. The van der Waals surface area contributed by atoms with Crippen molar-refractivity contribution in [3.8, 4) is 6.07 Å². The van der Waals surface area contributed by atoms with Crippen molar-refractivity contribution < 1.29 is 23.3 Å². The van der Waals surface area contributed by atoms with E-state index in [2.05, 4.69) is 11.4 Å². The topological polar surface area (TPSA) is 93.5 Å². The van der Waals surface area contributed by atoms with Crippen LogP contribution in [0.25, 0.3) is 0 Å². The molecule has 4 atom stereocenters. The number of piperazine rings is 1. The van der Waals surface area contributed by atoms with Crippen LogP contribution in [-0.4, -0.2) is 59.1 Å². The molecule has 4 amide bonds. The third-order valence-electron chi connectivity index (χ3n) is 6.48. The Morgan fingerprint density at radius 3 is 2.66 bits per heavy atom. The van der Waals surface area contributed by atoms with Crippen LogP contribution in [0.4, 0.5) is 14.9 Å². The van der Waals surface area contributed by atoms with Gasteiger partial charge in [0.25, 0.3) is 11.8 Å². The van der Waals surface area contributed by atoms with E-state index in [1.807, 2.05) is 27.5 Å². The molecule has 2 aromatic carbocycles. The Labute approximate surface area is 196 Å². The number of urea groups is 1. The highest BCUT2D eigenvalue weighted by Gasteiger charge is 2.73. The number of nitrogens with zero attached hydrogens (tertiary/aromatic N) is 4. The highest BCUT2D eigenvalue weighted by Crippen LogP contribution is 2.43. The molecule has 162 valence electrons. The molecule has 32 heavy (non-hydrogen) atoms. The maximum absolute atomic E-state index is 13.6. The van der Waals surface area contributed by atoms with E-state index in [9.17, 15) is 18.8 Å². The molecule has 10 heteroatoms. The fourth-order valence-electron chi connectivity index (χ4n) is 4.92. The molecule has 0 aliphatic carbocycles. The maximum Gasteiger partial charge on any atom is 0.433 e. The van der Waals surface area contributed by atoms with Crippen LogP contribution in [-0.2, 0) is 16.1 Å². The summed E-state index contributed by atoms with van der Waals surface area (Å²) in [5.74, 6) is -0.986. The van der Waals surface area contributed by atoms with Gasteiger partial charge < -0.3 is 5.32 Å². The van der Waals surface area contributed by atoms with Crippen molar-refractivity contribution in [2.45, 2.75) is 18.6 Å². The molecule has 2 bridgehead atoms. The molecule has 3 heterocycles. The van der Waals surface area contributed by atoms with Gasteiger partial charge >= 0.3 is 6.03 Å². The van der Waals surface area contributed by atoms with E-state index in [4.69, 9.17) is 5.26 Å². The monoisotopic (exact) mass is 546 g/mol. The van der Waals surface area contributed by atoms with Crippen molar-refractivity contribution in [3.05, 3.63) is 63.0 Å². The van der Waals surface area contributed by atoms with Crippen molar-refractivity contribution in [3.63, 3.8) is 0 Å². The minimum absolute atomic E-state index is 0.208. The number of carbonyl (C=O) groups is 3. The van der Waals surface area contributed by atoms with Gasteiger partial charge in [-0.25, -0.2) is 18.6 Å². The quantitative estimate of drug-likeness (QED) is 0.360. The van der Waals surface area contributed by atoms with Crippen molar-refractivity contribution in [1.29, 1.82) is 5.26 Å². The van der Waals surface area contributed by atoms with Crippen LogP contribution < -0.4 is 10.2 Å². The third-order valence-corrected chi connectivity index (χ3v) is 7.37. The Kier molecular flexibility index (Phi) is 4.99. The highest BCUT2D eigenvalue weighted by molar-refractivity contribution is 14.1. The summed E-state index contributed by atoms with van der Waals surface area (Å²) in [5.41, 5.74) is 1.62. The van der Waals surface area contributed by atoms with Crippen molar-refractivity contribution in [2.24, 2.45) is 0 Å². The SMILES string of the molecule is N#Cc1ccc(N2C(=O)C3CN4CC(C(=O)NCc5ccc(F)cc5)[N+]3(C4)C2=O)cc1I. The molecule has 1 N–H and O–H groups in total. The molecule has 3 saturated heterocycles. The Balaban J connectivity index is 1.41. The Bertz CT molecular complexity index is 1200. The standard InChI is InChI=1S/C22H17FIN5O3/c23-15-4-1-13(2-5-15)9-26-20(30)18-10-27-11-19-21(31)28(22(32)29(18,19)12-27)16-6-3-14(8-25)17(24)7-16/h1-7,18-19H,9-12H2/p+1. The predicted octanol–water partition coefficient (Wildman–Crippen LogP) is 1.93. The zero-order valence-electron chi connectivity index (χ0n) is 16.8. The largest absolute Gasteiger partial charge is 0.433 e. The second-order valence-electron chi connectivity index (χ2n) is 8.22. The van der Waals surface area contributed by atoms with Crippen LogP contribution in [0.15, 0.2) is 42.5 Å². The van der Waals surface area contributed by atoms with E-state index < -0.39 is 18.1 Å². The summed E-state index contributed by atoms with van der Waals surface area (Å²) in [4.78, 5) is 43.1. The second kappa shape index (κ2) is 7.61. The van der Waals surface area contributed by atoms with Crippen LogP contribution in [0.2, 0.25) is 0 Å². The molecule has 3 fully saturated rings. The van der Waals surface area contributed by atoms with Gasteiger partial charge in [0.15, 0.2) is 12.1 Å². The summed E-state index contributed by atoms with van der Waals surface area (Å²) in [7, 11) is 0. The second-order valence-corrected chi connectivity index (χ2v) is 9.38. The number of rotatable bonds is 4. The van der Waals surface area contributed by atoms with Gasteiger partial charge in [-0.3, -0.25) is 9.59 Å². The van der Waals surface area contributed by atoms with Crippen molar-refractivity contribution in [1.82, 2.24) is 10.2 Å². The molecule has 4 unspecified atom stereocenters. The van der Waals surface area contributed by atoms with Gasteiger partial charge in [-0.2, -0.15) is 10.2 Å². The summed E-state index contributed by atoms with van der Waals surface area (Å²) < 4.78 is 13.5. The average molecular weight is 546 g/mol. The summed E-state index contributed by atoms with van der Waals surface area (Å²) >= 11 is 2.00. The Hall–Kier alpha value is -2.88. The van der Waals surface area contributed by atoms with Gasteiger partial charge in [0.05, 0.1) is 24.3 Å². The number of quaternary nitrogens is 1. The van der Waals surface area contributed by atoms with Gasteiger partial charge in [0, 0.05) is 10.1 Å². The van der Waals surface area contributed by atoms with Crippen molar-refractivity contribution in [2.75, 3.05) is 24.7 Å². The first-order valence-corrected chi connectivity index (χ1v) is 11.1. The number of nitrogens with one attached hydrogen (secondary N) is 1. The first-order valence-electron chi connectivity index (χ1n) is 10.1. The molecule has 2 aromatic rings. The lowest BCUT2D eigenvalue weighted by Crippen LogP contribution is -2.64. The lowest BCUT2D eigenvalue weighted by atomic mass is 10.1. The normalized spacial score (nSPS) is 28.0. The summed E-state index contributed by atoms with van der Waals surface area (Å²) in [6, 6.07) is 11.0. The molecule has 0 aromatic heterocycles. The zero-order valence-corrected chi connectivity index (χ0v) is 19.0. The number of imide groups is 1. The van der Waals surface area contributed by atoms with E-state index in [-0.39, 0.29) is 28.7 Å². The number of amides is 4. The molecule has 8 nitrogen and oxygen atoms in total. The molecule has 3 aliphatic heterocycles. The van der Waals surface area contributed by atoms with Gasteiger partial charge in [-0.05, 0) is 58.5 Å². The third kappa shape index (κ3) is 3.03.